The summed E-state index contributed by atoms with van der Waals surface area (Å²) in [4.78, 5) is 16.7. The van der Waals surface area contributed by atoms with Gasteiger partial charge in [-0.3, -0.25) is 15.0 Å². The molecule has 168 valence electrons. The summed E-state index contributed by atoms with van der Waals surface area (Å²) in [6.45, 7) is 0.841. The maximum absolute atomic E-state index is 13.0. The van der Waals surface area contributed by atoms with Gasteiger partial charge < -0.3 is 9.47 Å². The third kappa shape index (κ3) is 4.59. The second kappa shape index (κ2) is 9.23. The van der Waals surface area contributed by atoms with E-state index in [-0.39, 0.29) is 31.0 Å². The molecule has 0 bridgehead atoms. The van der Waals surface area contributed by atoms with Gasteiger partial charge in [0.15, 0.2) is 9.84 Å². The monoisotopic (exact) mass is 456 g/mol. The zero-order valence-corrected chi connectivity index (χ0v) is 18.2. The summed E-state index contributed by atoms with van der Waals surface area (Å²) in [5.74, 6) is -0.577. The van der Waals surface area contributed by atoms with E-state index >= 15 is 0 Å². The van der Waals surface area contributed by atoms with Crippen LogP contribution in [0.3, 0.4) is 0 Å². The number of carbonyl (C=O) groups is 1. The predicted octanol–water partition coefficient (Wildman–Crippen LogP) is 2.89. The lowest BCUT2D eigenvalue weighted by molar-refractivity contribution is -0.143. The highest BCUT2D eigenvalue weighted by molar-refractivity contribution is 7.91. The molecule has 2 heterocycles. The van der Waals surface area contributed by atoms with Gasteiger partial charge >= 0.3 is 0 Å². The summed E-state index contributed by atoms with van der Waals surface area (Å²) >= 11 is 0. The van der Waals surface area contributed by atoms with Crippen molar-refractivity contribution in [1.82, 2.24) is 10.5 Å². The van der Waals surface area contributed by atoms with Crippen LogP contribution in [0, 0.1) is 5.41 Å². The number of hydrogen-bond acceptors (Lipinski definition) is 7. The lowest BCUT2D eigenvalue weighted by atomic mass is 9.81. The Hall–Kier alpha value is -3.01. The number of rotatable bonds is 7. The highest BCUT2D eigenvalue weighted by atomic mass is 32.2. The van der Waals surface area contributed by atoms with Gasteiger partial charge in [0.2, 0.25) is 0 Å². The van der Waals surface area contributed by atoms with Crippen LogP contribution in [-0.2, 0) is 26.0 Å². The molecule has 4 rings (SSSR count). The van der Waals surface area contributed by atoms with Gasteiger partial charge in [-0.05, 0) is 49.2 Å². The molecule has 1 saturated heterocycles. The predicted molar refractivity (Wildman–Crippen MR) is 117 cm³/mol. The molecule has 0 spiro atoms. The molecule has 1 aromatic heterocycles. The first-order chi connectivity index (χ1) is 15.4. The molecule has 0 radical (unpaired) electrons. The topological polar surface area (TPSA) is 115 Å². The standard InChI is InChI=1S/C23H24N2O6S/c26-22(25-27)23(10-13-30-14-11-23)16-32(28,29)19-7-5-18(6-8-19)31-15-17-9-12-24-21-4-2-1-3-20(17)21/h1-9,12,27H,10-11,13-16H2,(H,25,26). The Morgan fingerprint density at radius 1 is 1.09 bits per heavy atom. The molecule has 0 unspecified atom stereocenters. The Balaban J connectivity index is 1.48. The number of hydroxylamine groups is 1. The smallest absolute Gasteiger partial charge is 0.250 e. The number of ether oxygens (including phenoxy) is 2. The Morgan fingerprint density at radius 3 is 2.53 bits per heavy atom. The molecule has 8 nitrogen and oxygen atoms in total. The number of nitrogens with one attached hydrogen (secondary N) is 1. The van der Waals surface area contributed by atoms with E-state index in [0.717, 1.165) is 16.5 Å². The van der Waals surface area contributed by atoms with Gasteiger partial charge in [0.05, 0.1) is 21.6 Å². The first-order valence-electron chi connectivity index (χ1n) is 10.2. The van der Waals surface area contributed by atoms with E-state index in [0.29, 0.717) is 12.4 Å². The molecule has 0 saturated carbocycles. The van der Waals surface area contributed by atoms with Crippen molar-refractivity contribution in [2.45, 2.75) is 24.3 Å². The average molecular weight is 457 g/mol. The molecule has 3 aromatic rings. The summed E-state index contributed by atoms with van der Waals surface area (Å²) in [5, 5.41) is 10.1. The molecule has 2 N–H and O–H groups in total. The molecule has 2 aromatic carbocycles. The van der Waals surface area contributed by atoms with Crippen LogP contribution in [-0.4, -0.2) is 43.5 Å². The first-order valence-corrected chi connectivity index (χ1v) is 11.9. The Labute approximate surface area is 186 Å². The SMILES string of the molecule is O=C(NO)C1(CS(=O)(=O)c2ccc(OCc3ccnc4ccccc34)cc2)CCOCC1. The first kappa shape index (κ1) is 22.2. The van der Waals surface area contributed by atoms with Crippen LogP contribution in [0.1, 0.15) is 18.4 Å². The van der Waals surface area contributed by atoms with Crippen LogP contribution < -0.4 is 10.2 Å². The van der Waals surface area contributed by atoms with Crippen LogP contribution in [0.5, 0.6) is 5.75 Å². The normalized spacial score (nSPS) is 15.9. The lowest BCUT2D eigenvalue weighted by Crippen LogP contribution is -2.47. The molecule has 1 fully saturated rings. The van der Waals surface area contributed by atoms with Crippen LogP contribution >= 0.6 is 0 Å². The van der Waals surface area contributed by atoms with E-state index in [1.807, 2.05) is 30.3 Å². The number of sulfone groups is 1. The number of benzene rings is 2. The maximum atomic E-state index is 13.0. The second-order valence-electron chi connectivity index (χ2n) is 7.84. The highest BCUT2D eigenvalue weighted by Gasteiger charge is 2.44. The number of para-hydroxylation sites is 1. The fraction of sp³-hybridized carbons (Fsp3) is 0.304. The van der Waals surface area contributed by atoms with Crippen molar-refractivity contribution >= 4 is 26.6 Å². The van der Waals surface area contributed by atoms with Crippen molar-refractivity contribution in [1.29, 1.82) is 0 Å². The number of pyridine rings is 1. The molecular weight excluding hydrogens is 432 g/mol. The molecular formula is C23H24N2O6S. The molecule has 1 amide bonds. The number of nitrogens with zero attached hydrogens (tertiary/aromatic N) is 1. The zero-order chi connectivity index (χ0) is 22.6. The van der Waals surface area contributed by atoms with E-state index in [2.05, 4.69) is 4.98 Å². The molecule has 32 heavy (non-hydrogen) atoms. The lowest BCUT2D eigenvalue weighted by Gasteiger charge is -2.34. The molecule has 1 aliphatic heterocycles. The van der Waals surface area contributed by atoms with Gasteiger partial charge in [0.1, 0.15) is 12.4 Å². The zero-order valence-electron chi connectivity index (χ0n) is 17.4. The number of fused-ring (bicyclic) bond motifs is 1. The quantitative estimate of drug-likeness (QED) is 0.415. The van der Waals surface area contributed by atoms with Crippen molar-refractivity contribution in [2.75, 3.05) is 19.0 Å². The minimum Gasteiger partial charge on any atom is -0.489 e. The van der Waals surface area contributed by atoms with Crippen molar-refractivity contribution in [3.8, 4) is 5.75 Å². The fourth-order valence-electron chi connectivity index (χ4n) is 3.95. The van der Waals surface area contributed by atoms with Crippen LogP contribution in [0.4, 0.5) is 0 Å². The van der Waals surface area contributed by atoms with Crippen LogP contribution in [0.15, 0.2) is 65.7 Å². The number of hydrogen-bond donors (Lipinski definition) is 2. The largest absolute Gasteiger partial charge is 0.489 e. The second-order valence-corrected chi connectivity index (χ2v) is 9.83. The summed E-state index contributed by atoms with van der Waals surface area (Å²) in [5.41, 5.74) is 2.26. The van der Waals surface area contributed by atoms with Crippen molar-refractivity contribution in [2.24, 2.45) is 5.41 Å². The molecule has 9 heteroatoms. The van der Waals surface area contributed by atoms with Gasteiger partial charge in [0, 0.05) is 30.4 Å². The average Bonchev–Trinajstić information content (AvgIpc) is 2.82. The van der Waals surface area contributed by atoms with E-state index in [9.17, 15) is 13.2 Å². The van der Waals surface area contributed by atoms with E-state index in [4.69, 9.17) is 14.7 Å². The maximum Gasteiger partial charge on any atom is 0.250 e. The van der Waals surface area contributed by atoms with Crippen molar-refractivity contribution < 1.29 is 27.9 Å². The summed E-state index contributed by atoms with van der Waals surface area (Å²) < 4.78 is 37.2. The summed E-state index contributed by atoms with van der Waals surface area (Å²) in [6, 6.07) is 15.8. The van der Waals surface area contributed by atoms with E-state index in [1.165, 1.54) is 12.1 Å². The number of carbonyl (C=O) groups excluding carboxylic acids is 1. The number of amides is 1. The third-order valence-corrected chi connectivity index (χ3v) is 7.74. The molecule has 0 atom stereocenters. The van der Waals surface area contributed by atoms with E-state index in [1.54, 1.807) is 23.8 Å². The van der Waals surface area contributed by atoms with Gasteiger partial charge in [0.25, 0.3) is 5.91 Å². The molecule has 0 aliphatic carbocycles. The Morgan fingerprint density at radius 2 is 1.81 bits per heavy atom. The summed E-state index contributed by atoms with van der Waals surface area (Å²) in [6.07, 6.45) is 2.17. The van der Waals surface area contributed by atoms with Gasteiger partial charge in [-0.2, -0.15) is 0 Å². The van der Waals surface area contributed by atoms with Crippen molar-refractivity contribution in [3.63, 3.8) is 0 Å². The van der Waals surface area contributed by atoms with Gasteiger partial charge in [-0.1, -0.05) is 18.2 Å². The Kier molecular flexibility index (Phi) is 6.40. The molecule has 1 aliphatic rings. The van der Waals surface area contributed by atoms with Gasteiger partial charge in [-0.25, -0.2) is 13.9 Å². The Bertz CT molecular complexity index is 1200. The summed E-state index contributed by atoms with van der Waals surface area (Å²) in [7, 11) is -3.78. The minimum absolute atomic E-state index is 0.0933. The van der Waals surface area contributed by atoms with Crippen LogP contribution in [0.2, 0.25) is 0 Å². The highest BCUT2D eigenvalue weighted by Crippen LogP contribution is 2.34. The van der Waals surface area contributed by atoms with Crippen LogP contribution in [0.25, 0.3) is 10.9 Å². The van der Waals surface area contributed by atoms with Crippen molar-refractivity contribution in [3.05, 3.63) is 66.4 Å². The van der Waals surface area contributed by atoms with E-state index < -0.39 is 26.9 Å². The fourth-order valence-corrected chi connectivity index (χ4v) is 5.81. The minimum atomic E-state index is -3.78. The van der Waals surface area contributed by atoms with Gasteiger partial charge in [-0.15, -0.1) is 0 Å². The number of aromatic nitrogens is 1. The third-order valence-electron chi connectivity index (χ3n) is 5.82.